The number of hydrogen-bond acceptors (Lipinski definition) is 5. The Labute approximate surface area is 179 Å². The lowest BCUT2D eigenvalue weighted by Crippen LogP contribution is -2.46. The van der Waals surface area contributed by atoms with E-state index >= 15 is 0 Å². The van der Waals surface area contributed by atoms with E-state index in [1.807, 2.05) is 18.2 Å². The van der Waals surface area contributed by atoms with E-state index in [-0.39, 0.29) is 0 Å². The molecule has 0 aliphatic carbocycles. The summed E-state index contributed by atoms with van der Waals surface area (Å²) in [7, 11) is 6.28. The fourth-order valence-electron chi connectivity index (χ4n) is 3.59. The van der Waals surface area contributed by atoms with Crippen molar-refractivity contribution in [3.05, 3.63) is 58.6 Å². The van der Waals surface area contributed by atoms with Gasteiger partial charge < -0.3 is 14.7 Å². The minimum atomic E-state index is 0.770. The fraction of sp³-hybridized carbons (Fsp3) is 0.435. The third-order valence-electron chi connectivity index (χ3n) is 5.49. The van der Waals surface area contributed by atoms with Gasteiger partial charge in [0.05, 0.1) is 11.6 Å². The summed E-state index contributed by atoms with van der Waals surface area (Å²) in [6, 6.07) is 16.6. The summed E-state index contributed by atoms with van der Waals surface area (Å²) in [6.07, 6.45) is 0. The first-order chi connectivity index (χ1) is 14.0. The molecule has 1 aliphatic rings. The number of hydrogen-bond donors (Lipinski definition) is 0. The van der Waals surface area contributed by atoms with Gasteiger partial charge in [-0.2, -0.15) is 5.26 Å². The largest absolute Gasteiger partial charge is 0.373 e. The molecule has 1 aliphatic heterocycles. The number of benzene rings is 2. The SMILES string of the molecule is CN(C)CCN(C)c1ccc(C#N)c(CN2CCN(c3ccc(Cl)cc3)CC2)c1. The topological polar surface area (TPSA) is 36.8 Å². The van der Waals surface area contributed by atoms with Crippen LogP contribution in [0.4, 0.5) is 11.4 Å². The zero-order valence-electron chi connectivity index (χ0n) is 17.6. The monoisotopic (exact) mass is 411 g/mol. The molecule has 0 atom stereocenters. The first kappa shape index (κ1) is 21.4. The lowest BCUT2D eigenvalue weighted by molar-refractivity contribution is 0.249. The van der Waals surface area contributed by atoms with Gasteiger partial charge in [0, 0.05) is 69.3 Å². The van der Waals surface area contributed by atoms with Crippen LogP contribution in [0.5, 0.6) is 0 Å². The van der Waals surface area contributed by atoms with Crippen molar-refractivity contribution >= 4 is 23.0 Å². The number of piperazine rings is 1. The smallest absolute Gasteiger partial charge is 0.0995 e. The molecule has 0 bridgehead atoms. The van der Waals surface area contributed by atoms with E-state index in [1.54, 1.807) is 0 Å². The molecule has 0 N–H and O–H groups in total. The quantitative estimate of drug-likeness (QED) is 0.696. The van der Waals surface area contributed by atoms with Crippen LogP contribution in [0.2, 0.25) is 5.02 Å². The highest BCUT2D eigenvalue weighted by atomic mass is 35.5. The van der Waals surface area contributed by atoms with Crippen LogP contribution in [-0.2, 0) is 6.54 Å². The highest BCUT2D eigenvalue weighted by molar-refractivity contribution is 6.30. The van der Waals surface area contributed by atoms with Crippen molar-refractivity contribution < 1.29 is 0 Å². The second-order valence-electron chi connectivity index (χ2n) is 7.92. The number of nitrogens with zero attached hydrogens (tertiary/aromatic N) is 5. The molecule has 0 amide bonds. The van der Waals surface area contributed by atoms with Crippen molar-refractivity contribution in [2.75, 3.05) is 70.2 Å². The number of likely N-dealkylation sites (N-methyl/N-ethyl adjacent to an activating group) is 2. The average molecular weight is 412 g/mol. The Kier molecular flexibility index (Phi) is 7.38. The van der Waals surface area contributed by atoms with Crippen LogP contribution in [0.1, 0.15) is 11.1 Å². The normalized spacial score (nSPS) is 14.8. The molecule has 1 heterocycles. The van der Waals surface area contributed by atoms with E-state index in [0.717, 1.165) is 62.0 Å². The minimum Gasteiger partial charge on any atom is -0.373 e. The molecule has 0 unspecified atom stereocenters. The van der Waals surface area contributed by atoms with E-state index in [4.69, 9.17) is 11.6 Å². The molecule has 0 saturated carbocycles. The van der Waals surface area contributed by atoms with Gasteiger partial charge in [-0.05, 0) is 62.1 Å². The standard InChI is InChI=1S/C23H30ClN5/c1-26(2)10-11-27(3)23-7-4-19(17-25)20(16-23)18-28-12-14-29(15-13-28)22-8-5-21(24)6-9-22/h4-9,16H,10-15,18H2,1-3H3. The Morgan fingerprint density at radius 3 is 2.28 bits per heavy atom. The predicted molar refractivity (Wildman–Crippen MR) is 122 cm³/mol. The lowest BCUT2D eigenvalue weighted by atomic mass is 10.1. The molecule has 3 rings (SSSR count). The molecule has 1 saturated heterocycles. The zero-order chi connectivity index (χ0) is 20.8. The Bertz CT molecular complexity index is 835. The van der Waals surface area contributed by atoms with Gasteiger partial charge in [0.25, 0.3) is 0 Å². The average Bonchev–Trinajstić information content (AvgIpc) is 2.73. The van der Waals surface area contributed by atoms with Gasteiger partial charge in [0.1, 0.15) is 0 Å². The molecule has 6 heteroatoms. The molecule has 5 nitrogen and oxygen atoms in total. The van der Waals surface area contributed by atoms with Crippen molar-refractivity contribution in [3.8, 4) is 6.07 Å². The number of halogens is 1. The molecular formula is C23H30ClN5. The van der Waals surface area contributed by atoms with Crippen molar-refractivity contribution in [2.24, 2.45) is 0 Å². The van der Waals surface area contributed by atoms with Crippen molar-refractivity contribution in [1.29, 1.82) is 5.26 Å². The highest BCUT2D eigenvalue weighted by Crippen LogP contribution is 2.23. The third kappa shape index (κ3) is 5.86. The molecule has 2 aromatic rings. The molecule has 0 spiro atoms. The first-order valence-electron chi connectivity index (χ1n) is 10.1. The molecule has 29 heavy (non-hydrogen) atoms. The van der Waals surface area contributed by atoms with Crippen LogP contribution in [0.25, 0.3) is 0 Å². The van der Waals surface area contributed by atoms with Crippen molar-refractivity contribution in [2.45, 2.75) is 6.54 Å². The predicted octanol–water partition coefficient (Wildman–Crippen LogP) is 3.53. The van der Waals surface area contributed by atoms with Crippen LogP contribution < -0.4 is 9.80 Å². The summed E-state index contributed by atoms with van der Waals surface area (Å²) in [5.41, 5.74) is 4.27. The van der Waals surface area contributed by atoms with E-state index in [9.17, 15) is 5.26 Å². The highest BCUT2D eigenvalue weighted by Gasteiger charge is 2.19. The maximum atomic E-state index is 9.56. The maximum Gasteiger partial charge on any atom is 0.0995 e. The first-order valence-corrected chi connectivity index (χ1v) is 10.5. The van der Waals surface area contributed by atoms with Gasteiger partial charge in [-0.25, -0.2) is 0 Å². The van der Waals surface area contributed by atoms with E-state index in [2.05, 4.69) is 71.1 Å². The second kappa shape index (κ2) is 9.98. The Morgan fingerprint density at radius 2 is 1.66 bits per heavy atom. The summed E-state index contributed by atoms with van der Waals surface area (Å²) < 4.78 is 0. The van der Waals surface area contributed by atoms with E-state index in [0.29, 0.717) is 0 Å². The lowest BCUT2D eigenvalue weighted by Gasteiger charge is -2.36. The van der Waals surface area contributed by atoms with Gasteiger partial charge in [-0.3, -0.25) is 4.90 Å². The van der Waals surface area contributed by atoms with Crippen LogP contribution in [0.15, 0.2) is 42.5 Å². The molecule has 1 fully saturated rings. The van der Waals surface area contributed by atoms with E-state index in [1.165, 1.54) is 11.4 Å². The number of anilines is 2. The van der Waals surface area contributed by atoms with Crippen molar-refractivity contribution in [1.82, 2.24) is 9.80 Å². The number of nitriles is 1. The van der Waals surface area contributed by atoms with Gasteiger partial charge in [0.2, 0.25) is 0 Å². The fourth-order valence-corrected chi connectivity index (χ4v) is 3.72. The van der Waals surface area contributed by atoms with E-state index < -0.39 is 0 Å². The summed E-state index contributed by atoms with van der Waals surface area (Å²) in [6.45, 7) is 6.68. The molecule has 0 aromatic heterocycles. The minimum absolute atomic E-state index is 0.770. The van der Waals surface area contributed by atoms with Gasteiger partial charge in [-0.1, -0.05) is 11.6 Å². The maximum absolute atomic E-state index is 9.56. The Morgan fingerprint density at radius 1 is 0.966 bits per heavy atom. The zero-order valence-corrected chi connectivity index (χ0v) is 18.4. The Balaban J connectivity index is 1.63. The molecular weight excluding hydrogens is 382 g/mol. The third-order valence-corrected chi connectivity index (χ3v) is 5.74. The molecule has 0 radical (unpaired) electrons. The van der Waals surface area contributed by atoms with Crippen LogP contribution in [-0.4, -0.2) is 70.2 Å². The molecule has 2 aromatic carbocycles. The second-order valence-corrected chi connectivity index (χ2v) is 8.35. The summed E-state index contributed by atoms with van der Waals surface area (Å²) in [5, 5.41) is 10.3. The number of rotatable bonds is 7. The van der Waals surface area contributed by atoms with Crippen molar-refractivity contribution in [3.63, 3.8) is 0 Å². The molecule has 154 valence electrons. The van der Waals surface area contributed by atoms with Gasteiger partial charge in [0.15, 0.2) is 0 Å². The summed E-state index contributed by atoms with van der Waals surface area (Å²) >= 11 is 6.00. The van der Waals surface area contributed by atoms with Crippen LogP contribution >= 0.6 is 11.6 Å². The van der Waals surface area contributed by atoms with Crippen LogP contribution in [0, 0.1) is 11.3 Å². The summed E-state index contributed by atoms with van der Waals surface area (Å²) in [4.78, 5) is 9.26. The van der Waals surface area contributed by atoms with Crippen LogP contribution in [0.3, 0.4) is 0 Å². The Hall–Kier alpha value is -2.26. The summed E-state index contributed by atoms with van der Waals surface area (Å²) in [5.74, 6) is 0. The van der Waals surface area contributed by atoms with Gasteiger partial charge >= 0.3 is 0 Å². The van der Waals surface area contributed by atoms with Gasteiger partial charge in [-0.15, -0.1) is 0 Å².